The van der Waals surface area contributed by atoms with Crippen LogP contribution in [0.5, 0.6) is 11.5 Å². The number of methoxy groups -OCH3 is 1. The van der Waals surface area contributed by atoms with Crippen molar-refractivity contribution in [3.63, 3.8) is 0 Å². The van der Waals surface area contributed by atoms with Crippen molar-refractivity contribution in [1.82, 2.24) is 15.6 Å². The molecule has 1 aromatic carbocycles. The number of ether oxygens (including phenoxy) is 3. The van der Waals surface area contributed by atoms with E-state index in [1.807, 2.05) is 6.07 Å². The van der Waals surface area contributed by atoms with Gasteiger partial charge in [-0.25, -0.2) is 0 Å². The zero-order valence-corrected chi connectivity index (χ0v) is 20.4. The summed E-state index contributed by atoms with van der Waals surface area (Å²) in [6, 6.07) is 7.20. The average Bonchev–Trinajstić information content (AvgIpc) is 3.36. The van der Waals surface area contributed by atoms with Crippen molar-refractivity contribution in [3.05, 3.63) is 58.5 Å². The van der Waals surface area contributed by atoms with Gasteiger partial charge in [-0.05, 0) is 31.0 Å². The molecule has 2 aliphatic heterocycles. The number of benzene rings is 1. The molecule has 2 aromatic rings. The van der Waals surface area contributed by atoms with E-state index in [1.54, 1.807) is 30.6 Å². The number of thiocarbonyl (C=S) groups is 1. The second-order valence-electron chi connectivity index (χ2n) is 7.92. The molecule has 4 rings (SSSR count). The Bertz CT molecular complexity index is 1090. The fraction of sp³-hybridized carbons (Fsp3) is 0.375. The normalized spacial score (nSPS) is 17.8. The van der Waals surface area contributed by atoms with Gasteiger partial charge in [0.25, 0.3) is 5.91 Å². The van der Waals surface area contributed by atoms with Crippen LogP contribution < -0.4 is 25.4 Å². The van der Waals surface area contributed by atoms with Crippen molar-refractivity contribution in [1.29, 1.82) is 0 Å². The average molecular weight is 503 g/mol. The first-order valence-corrected chi connectivity index (χ1v) is 11.9. The van der Waals surface area contributed by atoms with E-state index in [1.165, 1.54) is 7.11 Å². The van der Waals surface area contributed by atoms with Crippen molar-refractivity contribution >= 4 is 40.4 Å². The smallest absolute Gasteiger partial charge is 0.256 e. The molecule has 2 aliphatic rings. The Balaban J connectivity index is 1.49. The quantitative estimate of drug-likeness (QED) is 0.448. The fourth-order valence-electron chi connectivity index (χ4n) is 3.91. The van der Waals surface area contributed by atoms with Crippen LogP contribution in [0.4, 0.5) is 5.69 Å². The molecule has 1 unspecified atom stereocenters. The van der Waals surface area contributed by atoms with Crippen molar-refractivity contribution < 1.29 is 19.0 Å². The molecule has 1 saturated heterocycles. The monoisotopic (exact) mass is 502 g/mol. The van der Waals surface area contributed by atoms with Gasteiger partial charge in [0.1, 0.15) is 17.3 Å². The summed E-state index contributed by atoms with van der Waals surface area (Å²) in [7, 11) is 1.53. The van der Waals surface area contributed by atoms with E-state index in [-0.39, 0.29) is 17.0 Å². The lowest BCUT2D eigenvalue weighted by Crippen LogP contribution is -2.39. The Hall–Kier alpha value is -2.88. The van der Waals surface area contributed by atoms with Crippen LogP contribution in [-0.2, 0) is 16.1 Å². The van der Waals surface area contributed by atoms with Crippen LogP contribution in [0.2, 0.25) is 5.02 Å². The number of anilines is 1. The predicted molar refractivity (Wildman–Crippen MR) is 134 cm³/mol. The molecule has 1 aromatic heterocycles. The third kappa shape index (κ3) is 5.78. The van der Waals surface area contributed by atoms with Gasteiger partial charge in [0.2, 0.25) is 0 Å². The highest BCUT2D eigenvalue weighted by atomic mass is 35.5. The van der Waals surface area contributed by atoms with E-state index < -0.39 is 0 Å². The zero-order chi connectivity index (χ0) is 23.9. The molecule has 10 heteroatoms. The van der Waals surface area contributed by atoms with Gasteiger partial charge >= 0.3 is 0 Å². The number of aromatic nitrogens is 1. The minimum atomic E-state index is -0.239. The lowest BCUT2D eigenvalue weighted by Gasteiger charge is -2.24. The molecule has 0 radical (unpaired) electrons. The summed E-state index contributed by atoms with van der Waals surface area (Å²) in [6.45, 7) is 2.25. The molecule has 180 valence electrons. The molecule has 0 spiro atoms. The van der Waals surface area contributed by atoms with E-state index in [0.717, 1.165) is 30.7 Å². The number of rotatable bonds is 9. The largest absolute Gasteiger partial charge is 0.493 e. The van der Waals surface area contributed by atoms with Gasteiger partial charge in [0.05, 0.1) is 35.7 Å². The highest BCUT2D eigenvalue weighted by Crippen LogP contribution is 2.33. The maximum Gasteiger partial charge on any atom is 0.256 e. The van der Waals surface area contributed by atoms with Crippen molar-refractivity contribution in [2.45, 2.75) is 31.9 Å². The van der Waals surface area contributed by atoms with Crippen LogP contribution in [0, 0.1) is 0 Å². The molecule has 3 N–H and O–H groups in total. The topological polar surface area (TPSA) is 93.7 Å². The molecule has 0 saturated carbocycles. The number of hydrogen-bond donors (Lipinski definition) is 3. The van der Waals surface area contributed by atoms with Gasteiger partial charge in [-0.3, -0.25) is 9.78 Å². The first-order chi connectivity index (χ1) is 16.6. The molecule has 1 fully saturated rings. The number of halogens is 1. The third-order valence-corrected chi connectivity index (χ3v) is 6.25. The Labute approximate surface area is 209 Å². The maximum atomic E-state index is 12.7. The minimum absolute atomic E-state index is 0.115. The van der Waals surface area contributed by atoms with Crippen LogP contribution in [0.25, 0.3) is 0 Å². The first kappa shape index (κ1) is 24.3. The number of pyridine rings is 1. The summed E-state index contributed by atoms with van der Waals surface area (Å²) in [4.78, 5) is 17.2. The molecule has 1 atom stereocenters. The standard InChI is InChI=1S/C24H27ClN4O4S/c1-31-22-17(25)5-2-6-19(22)29-24(34)21-18(8-10-27-23(21)30)28-12-15-7-9-26-13-20(15)33-14-16-4-3-11-32-16/h2,5-7,9,13,16,28H,3-4,8,10-12,14H2,1H3,(H,27,30)(H,29,34). The SMILES string of the molecule is COc1c(Cl)cccc1NC(=S)C1=C(NCc2ccncc2OCC2CCCO2)CCNC1=O. The van der Waals surface area contributed by atoms with Gasteiger partial charge in [0.15, 0.2) is 5.75 Å². The van der Waals surface area contributed by atoms with E-state index in [0.29, 0.717) is 53.9 Å². The summed E-state index contributed by atoms with van der Waals surface area (Å²) in [6.07, 6.45) is 6.21. The molecule has 0 aliphatic carbocycles. The first-order valence-electron chi connectivity index (χ1n) is 11.1. The number of nitrogens with one attached hydrogen (secondary N) is 3. The number of carbonyl (C=O) groups excluding carboxylic acids is 1. The second kappa shape index (κ2) is 11.5. The number of para-hydroxylation sites is 1. The Kier molecular flexibility index (Phi) is 8.21. The Morgan fingerprint density at radius 1 is 1.38 bits per heavy atom. The Morgan fingerprint density at radius 3 is 3.06 bits per heavy atom. The van der Waals surface area contributed by atoms with Crippen molar-refractivity contribution in [2.24, 2.45) is 0 Å². The fourth-order valence-corrected chi connectivity index (χ4v) is 4.49. The van der Waals surface area contributed by atoms with Gasteiger partial charge in [-0.1, -0.05) is 29.9 Å². The summed E-state index contributed by atoms with van der Waals surface area (Å²) >= 11 is 11.8. The van der Waals surface area contributed by atoms with Crippen LogP contribution in [0.3, 0.4) is 0 Å². The summed E-state index contributed by atoms with van der Waals surface area (Å²) in [5, 5.41) is 9.80. The summed E-state index contributed by atoms with van der Waals surface area (Å²) < 4.78 is 17.0. The lowest BCUT2D eigenvalue weighted by atomic mass is 10.1. The lowest BCUT2D eigenvalue weighted by molar-refractivity contribution is -0.117. The van der Waals surface area contributed by atoms with Gasteiger partial charge < -0.3 is 30.2 Å². The highest BCUT2D eigenvalue weighted by molar-refractivity contribution is 7.81. The summed E-state index contributed by atoms with van der Waals surface area (Å²) in [5.74, 6) is 0.914. The molecular weight excluding hydrogens is 476 g/mol. The minimum Gasteiger partial charge on any atom is -0.493 e. The zero-order valence-electron chi connectivity index (χ0n) is 18.9. The Morgan fingerprint density at radius 2 is 2.26 bits per heavy atom. The van der Waals surface area contributed by atoms with E-state index in [4.69, 9.17) is 38.0 Å². The number of amides is 1. The van der Waals surface area contributed by atoms with E-state index in [9.17, 15) is 4.79 Å². The number of hydrogen-bond acceptors (Lipinski definition) is 7. The van der Waals surface area contributed by atoms with Crippen molar-refractivity contribution in [3.8, 4) is 11.5 Å². The molecule has 1 amide bonds. The predicted octanol–water partition coefficient (Wildman–Crippen LogP) is 3.60. The molecule has 34 heavy (non-hydrogen) atoms. The number of nitrogens with zero attached hydrogens (tertiary/aromatic N) is 1. The molecule has 3 heterocycles. The third-order valence-electron chi connectivity index (χ3n) is 5.65. The van der Waals surface area contributed by atoms with Crippen molar-refractivity contribution in [2.75, 3.05) is 32.2 Å². The highest BCUT2D eigenvalue weighted by Gasteiger charge is 2.25. The molecular formula is C24H27ClN4O4S. The van der Waals surface area contributed by atoms with Gasteiger partial charge in [-0.15, -0.1) is 0 Å². The van der Waals surface area contributed by atoms with E-state index in [2.05, 4.69) is 20.9 Å². The summed E-state index contributed by atoms with van der Waals surface area (Å²) in [5.41, 5.74) is 2.66. The molecule has 8 nitrogen and oxygen atoms in total. The maximum absolute atomic E-state index is 12.7. The van der Waals surface area contributed by atoms with Crippen LogP contribution in [0.1, 0.15) is 24.8 Å². The van der Waals surface area contributed by atoms with Gasteiger partial charge in [0, 0.05) is 43.6 Å². The number of carbonyl (C=O) groups is 1. The van der Waals surface area contributed by atoms with E-state index >= 15 is 0 Å². The van der Waals surface area contributed by atoms with Crippen LogP contribution in [0.15, 0.2) is 47.9 Å². The van der Waals surface area contributed by atoms with Crippen LogP contribution in [-0.4, -0.2) is 48.9 Å². The van der Waals surface area contributed by atoms with Gasteiger partial charge in [-0.2, -0.15) is 0 Å². The molecule has 0 bridgehead atoms. The van der Waals surface area contributed by atoms with Crippen LogP contribution >= 0.6 is 23.8 Å². The second-order valence-corrected chi connectivity index (χ2v) is 8.73.